The number of thioether (sulfide) groups is 4. The quantitative estimate of drug-likeness (QED) is 0.564. The van der Waals surface area contributed by atoms with Gasteiger partial charge in [0.25, 0.3) is 0 Å². The zero-order valence-corrected chi connectivity index (χ0v) is 19.0. The van der Waals surface area contributed by atoms with E-state index < -0.39 is 0 Å². The van der Waals surface area contributed by atoms with Crippen LogP contribution >= 0.6 is 47.0 Å². The normalized spacial score (nSPS) is 30.0. The monoisotopic (exact) mass is 400 g/mol. The van der Waals surface area contributed by atoms with Crippen molar-refractivity contribution in [1.82, 2.24) is 0 Å². The van der Waals surface area contributed by atoms with Crippen molar-refractivity contribution in [2.75, 3.05) is 50.4 Å². The molecular formula is C17H36O2S4. The first-order valence-corrected chi connectivity index (χ1v) is 12.9. The molecule has 0 unspecified atom stereocenters. The summed E-state index contributed by atoms with van der Waals surface area (Å²) < 4.78 is 11.9. The molecule has 2 aliphatic heterocycles. The highest BCUT2D eigenvalue weighted by molar-refractivity contribution is 8.19. The lowest BCUT2D eigenvalue weighted by Gasteiger charge is -2.43. The predicted octanol–water partition coefficient (Wildman–Crippen LogP) is 5.71. The Labute approximate surface area is 161 Å². The van der Waals surface area contributed by atoms with Gasteiger partial charge in [-0.1, -0.05) is 27.7 Å². The number of rotatable bonds is 6. The Morgan fingerprint density at radius 3 is 1.26 bits per heavy atom. The highest BCUT2D eigenvalue weighted by atomic mass is 32.2. The van der Waals surface area contributed by atoms with Crippen LogP contribution in [0.15, 0.2) is 0 Å². The molecular weight excluding hydrogens is 364 g/mol. The lowest BCUT2D eigenvalue weighted by Crippen LogP contribution is -2.40. The van der Waals surface area contributed by atoms with E-state index in [0.29, 0.717) is 5.41 Å². The van der Waals surface area contributed by atoms with Gasteiger partial charge in [-0.05, 0) is 12.8 Å². The second-order valence-corrected chi connectivity index (χ2v) is 10.5. The Kier molecular flexibility index (Phi) is 16.5. The molecule has 0 bridgehead atoms. The van der Waals surface area contributed by atoms with Gasteiger partial charge in [-0.25, -0.2) is 0 Å². The molecule has 0 saturated carbocycles. The molecule has 0 aromatic carbocycles. The molecule has 2 nitrogen and oxygen atoms in total. The minimum atomic E-state index is 0.581. The molecule has 140 valence electrons. The van der Waals surface area contributed by atoms with Gasteiger partial charge < -0.3 is 9.47 Å². The highest BCUT2D eigenvalue weighted by Crippen LogP contribution is 2.50. The van der Waals surface area contributed by atoms with Crippen LogP contribution in [-0.2, 0) is 9.47 Å². The molecule has 1 spiro atoms. The highest BCUT2D eigenvalue weighted by Gasteiger charge is 2.40. The van der Waals surface area contributed by atoms with Crippen LogP contribution in [0.25, 0.3) is 0 Å². The van der Waals surface area contributed by atoms with E-state index >= 15 is 0 Å². The van der Waals surface area contributed by atoms with Gasteiger partial charge in [0.05, 0.1) is 9.16 Å². The van der Waals surface area contributed by atoms with Gasteiger partial charge in [0.15, 0.2) is 0 Å². The van der Waals surface area contributed by atoms with Crippen LogP contribution in [0.4, 0.5) is 0 Å². The standard InChI is InChI=1S/C13H24O2S4.2C2H6/c1-14-5-3-11-16-7-13(8-17-11)9-18-12(19-10-13)4-6-15-2;2*1-2/h11-12H,3-10H2,1-2H3;2*1-2H3. The second-order valence-electron chi connectivity index (χ2n) is 5.17. The van der Waals surface area contributed by atoms with Crippen molar-refractivity contribution in [1.29, 1.82) is 0 Å². The Balaban J connectivity index is 0.00000112. The van der Waals surface area contributed by atoms with Crippen molar-refractivity contribution < 1.29 is 9.47 Å². The molecule has 0 amide bonds. The lowest BCUT2D eigenvalue weighted by atomic mass is 9.99. The summed E-state index contributed by atoms with van der Waals surface area (Å²) in [4.78, 5) is 0. The third-order valence-electron chi connectivity index (χ3n) is 3.42. The summed E-state index contributed by atoms with van der Waals surface area (Å²) in [5, 5.41) is 0. The van der Waals surface area contributed by atoms with Gasteiger partial charge in [-0.3, -0.25) is 0 Å². The Morgan fingerprint density at radius 1 is 0.696 bits per heavy atom. The number of hydrogen-bond donors (Lipinski definition) is 0. The molecule has 23 heavy (non-hydrogen) atoms. The van der Waals surface area contributed by atoms with Crippen molar-refractivity contribution in [2.24, 2.45) is 5.41 Å². The van der Waals surface area contributed by atoms with Gasteiger partial charge in [0.1, 0.15) is 0 Å². The SMILES string of the molecule is CC.CC.COCCC1SCC2(CS1)CSC(CCOC)SC2. The summed E-state index contributed by atoms with van der Waals surface area (Å²) in [5.74, 6) is 5.35. The molecule has 2 aliphatic rings. The van der Waals surface area contributed by atoms with Crippen molar-refractivity contribution in [3.63, 3.8) is 0 Å². The van der Waals surface area contributed by atoms with E-state index in [9.17, 15) is 0 Å². The molecule has 0 radical (unpaired) electrons. The Hall–Kier alpha value is 1.32. The molecule has 0 aliphatic carbocycles. The third-order valence-corrected chi connectivity index (χ3v) is 10.6. The third kappa shape index (κ3) is 9.55. The van der Waals surface area contributed by atoms with E-state index in [1.165, 1.54) is 35.9 Å². The minimum Gasteiger partial charge on any atom is -0.385 e. The fraction of sp³-hybridized carbons (Fsp3) is 1.00. The fourth-order valence-corrected chi connectivity index (χ4v) is 8.98. The Bertz CT molecular complexity index is 221. The van der Waals surface area contributed by atoms with Crippen molar-refractivity contribution >= 4 is 47.0 Å². The zero-order chi connectivity index (χ0) is 17.6. The summed E-state index contributed by atoms with van der Waals surface area (Å²) in [6.45, 7) is 9.81. The maximum Gasteiger partial charge on any atom is 0.0524 e. The molecule has 0 atom stereocenters. The van der Waals surface area contributed by atoms with Gasteiger partial charge in [-0.2, -0.15) is 0 Å². The van der Waals surface area contributed by atoms with E-state index in [1.54, 1.807) is 14.2 Å². The van der Waals surface area contributed by atoms with Crippen LogP contribution < -0.4 is 0 Å². The largest absolute Gasteiger partial charge is 0.385 e. The zero-order valence-electron chi connectivity index (χ0n) is 15.8. The minimum absolute atomic E-state index is 0.581. The van der Waals surface area contributed by atoms with Crippen LogP contribution in [0.3, 0.4) is 0 Å². The summed E-state index contributed by atoms with van der Waals surface area (Å²) in [7, 11) is 3.60. The van der Waals surface area contributed by atoms with Crippen LogP contribution in [0.1, 0.15) is 40.5 Å². The maximum atomic E-state index is 5.19. The van der Waals surface area contributed by atoms with Crippen LogP contribution in [0.5, 0.6) is 0 Å². The summed E-state index contributed by atoms with van der Waals surface area (Å²) in [5.41, 5.74) is 0.581. The number of ether oxygens (including phenoxy) is 2. The van der Waals surface area contributed by atoms with Gasteiger partial charge in [0.2, 0.25) is 0 Å². The van der Waals surface area contributed by atoms with Crippen LogP contribution in [0.2, 0.25) is 0 Å². The van der Waals surface area contributed by atoms with E-state index in [2.05, 4.69) is 47.0 Å². The predicted molar refractivity (Wildman–Crippen MR) is 116 cm³/mol. The van der Waals surface area contributed by atoms with E-state index in [1.807, 2.05) is 27.7 Å². The molecule has 0 N–H and O–H groups in total. The summed E-state index contributed by atoms with van der Waals surface area (Å²) >= 11 is 8.64. The molecule has 2 fully saturated rings. The van der Waals surface area contributed by atoms with E-state index in [-0.39, 0.29) is 0 Å². The first-order valence-electron chi connectivity index (χ1n) is 8.72. The van der Waals surface area contributed by atoms with Crippen molar-refractivity contribution in [3.05, 3.63) is 0 Å². The van der Waals surface area contributed by atoms with Gasteiger partial charge >= 0.3 is 0 Å². The molecule has 2 rings (SSSR count). The smallest absolute Gasteiger partial charge is 0.0524 e. The van der Waals surface area contributed by atoms with Gasteiger partial charge in [0, 0.05) is 55.9 Å². The van der Waals surface area contributed by atoms with E-state index in [4.69, 9.17) is 9.47 Å². The van der Waals surface area contributed by atoms with Crippen LogP contribution in [0, 0.1) is 5.41 Å². The first-order chi connectivity index (χ1) is 11.3. The average molecular weight is 401 g/mol. The Morgan fingerprint density at radius 2 is 1.00 bits per heavy atom. The number of methoxy groups -OCH3 is 2. The van der Waals surface area contributed by atoms with Crippen molar-refractivity contribution in [3.8, 4) is 0 Å². The van der Waals surface area contributed by atoms with Crippen LogP contribution in [-0.4, -0.2) is 59.6 Å². The average Bonchev–Trinajstić information content (AvgIpc) is 2.64. The lowest BCUT2D eigenvalue weighted by molar-refractivity contribution is 0.198. The van der Waals surface area contributed by atoms with E-state index in [0.717, 1.165) is 22.4 Å². The molecule has 6 heteroatoms. The molecule has 2 heterocycles. The van der Waals surface area contributed by atoms with Gasteiger partial charge in [-0.15, -0.1) is 47.0 Å². The summed E-state index contributed by atoms with van der Waals surface area (Å²) in [6, 6.07) is 0. The topological polar surface area (TPSA) is 18.5 Å². The number of hydrogen-bond acceptors (Lipinski definition) is 6. The molecule has 0 aromatic heterocycles. The summed E-state index contributed by atoms with van der Waals surface area (Å²) in [6.07, 6.45) is 2.39. The second kappa shape index (κ2) is 15.6. The maximum absolute atomic E-state index is 5.19. The molecule has 2 saturated heterocycles. The molecule has 0 aromatic rings. The fourth-order valence-electron chi connectivity index (χ4n) is 2.19. The van der Waals surface area contributed by atoms with Crippen molar-refractivity contribution in [2.45, 2.75) is 49.7 Å². The first kappa shape index (κ1) is 24.3.